The van der Waals surface area contributed by atoms with Crippen LogP contribution in [0.1, 0.15) is 44.7 Å². The lowest BCUT2D eigenvalue weighted by Crippen LogP contribution is -2.54. The number of nitrogens with one attached hydrogen (secondary N) is 3. The molecule has 36 heavy (non-hydrogen) atoms. The number of H-pyrrole nitrogens is 1. The molecule has 3 rings (SSSR count). The highest BCUT2D eigenvalue weighted by Crippen LogP contribution is 2.20. The number of hydrogen-bond acceptors (Lipinski definition) is 5. The van der Waals surface area contributed by atoms with Crippen LogP contribution in [0, 0.1) is 0 Å². The second-order valence-corrected chi connectivity index (χ2v) is 9.86. The number of carbonyl (C=O) groups excluding carboxylic acids is 3. The van der Waals surface area contributed by atoms with E-state index in [4.69, 9.17) is 10.5 Å². The maximum Gasteiger partial charge on any atom is 0.329 e. The lowest BCUT2D eigenvalue weighted by molar-refractivity contribution is -0.158. The first-order valence-electron chi connectivity index (χ1n) is 12.3. The predicted molar refractivity (Wildman–Crippen MR) is 140 cm³/mol. The summed E-state index contributed by atoms with van der Waals surface area (Å²) in [6.07, 6.45) is 3.10. The number of fused-ring (bicyclic) bond motifs is 1. The first-order chi connectivity index (χ1) is 17.2. The topological polar surface area (TPSA) is 126 Å². The minimum Gasteiger partial charge on any atom is -0.458 e. The Balaban J connectivity index is 1.84. The zero-order valence-corrected chi connectivity index (χ0v) is 21.2. The van der Waals surface area contributed by atoms with Crippen LogP contribution < -0.4 is 16.4 Å². The monoisotopic (exact) mass is 492 g/mol. The molecular formula is C28H36N4O4. The van der Waals surface area contributed by atoms with Gasteiger partial charge in [0.2, 0.25) is 11.8 Å². The number of ether oxygens (including phenoxy) is 1. The summed E-state index contributed by atoms with van der Waals surface area (Å²) in [6, 6.07) is 15.4. The van der Waals surface area contributed by atoms with Crippen LogP contribution in [-0.2, 0) is 32.0 Å². The fourth-order valence-electron chi connectivity index (χ4n) is 3.95. The molecule has 0 fully saturated rings. The van der Waals surface area contributed by atoms with Crippen molar-refractivity contribution in [2.24, 2.45) is 5.73 Å². The third-order valence-electron chi connectivity index (χ3n) is 5.65. The van der Waals surface area contributed by atoms with Crippen molar-refractivity contribution in [1.29, 1.82) is 0 Å². The Morgan fingerprint density at radius 3 is 2.33 bits per heavy atom. The first kappa shape index (κ1) is 26.9. The normalized spacial score (nSPS) is 13.1. The summed E-state index contributed by atoms with van der Waals surface area (Å²) in [5, 5.41) is 6.66. The summed E-state index contributed by atoms with van der Waals surface area (Å²) in [5.41, 5.74) is 7.55. The van der Waals surface area contributed by atoms with Gasteiger partial charge < -0.3 is 26.1 Å². The molecule has 0 spiro atoms. The molecule has 1 aromatic heterocycles. The van der Waals surface area contributed by atoms with Gasteiger partial charge in [-0.15, -0.1) is 0 Å². The largest absolute Gasteiger partial charge is 0.458 e. The summed E-state index contributed by atoms with van der Waals surface area (Å²) in [6.45, 7) is 5.72. The van der Waals surface area contributed by atoms with Crippen molar-refractivity contribution in [2.45, 2.75) is 64.1 Å². The lowest BCUT2D eigenvalue weighted by atomic mass is 10.0. The summed E-state index contributed by atoms with van der Waals surface area (Å²) in [7, 11) is 0. The molecule has 0 bridgehead atoms. The van der Waals surface area contributed by atoms with Gasteiger partial charge in [-0.25, -0.2) is 4.79 Å². The van der Waals surface area contributed by atoms with Crippen molar-refractivity contribution in [3.8, 4) is 0 Å². The molecule has 0 unspecified atom stereocenters. The molecule has 1 heterocycles. The zero-order chi connectivity index (χ0) is 26.1. The molecule has 2 amide bonds. The van der Waals surface area contributed by atoms with Crippen molar-refractivity contribution >= 4 is 28.7 Å². The quantitative estimate of drug-likeness (QED) is 0.306. The van der Waals surface area contributed by atoms with E-state index < -0.39 is 29.6 Å². The number of carbonyl (C=O) groups is 3. The van der Waals surface area contributed by atoms with Gasteiger partial charge in [0.1, 0.15) is 17.7 Å². The first-order valence-corrected chi connectivity index (χ1v) is 12.3. The molecule has 2 aromatic carbocycles. The summed E-state index contributed by atoms with van der Waals surface area (Å²) < 4.78 is 5.59. The average Bonchev–Trinajstić information content (AvgIpc) is 3.24. The third-order valence-corrected chi connectivity index (χ3v) is 5.65. The number of benzene rings is 2. The lowest BCUT2D eigenvalue weighted by Gasteiger charge is -2.26. The molecule has 2 atom stereocenters. The second kappa shape index (κ2) is 12.4. The Morgan fingerprint density at radius 2 is 1.64 bits per heavy atom. The minimum absolute atomic E-state index is 0.216. The highest BCUT2D eigenvalue weighted by molar-refractivity contribution is 5.92. The van der Waals surface area contributed by atoms with E-state index in [1.807, 2.05) is 60.8 Å². The Hall–Kier alpha value is -3.65. The van der Waals surface area contributed by atoms with E-state index in [-0.39, 0.29) is 25.2 Å². The number of para-hydroxylation sites is 1. The zero-order valence-electron chi connectivity index (χ0n) is 21.2. The van der Waals surface area contributed by atoms with Gasteiger partial charge in [0.05, 0.1) is 0 Å². The van der Waals surface area contributed by atoms with Gasteiger partial charge in [-0.3, -0.25) is 9.59 Å². The molecule has 0 saturated carbocycles. The molecule has 3 aromatic rings. The second-order valence-electron chi connectivity index (χ2n) is 9.86. The SMILES string of the molecule is CC(C)(C)OC(=O)[C@H](Cc1ccccc1)NC(=O)[C@H](Cc1c[nH]c2ccccc12)NC(=O)CCCN. The highest BCUT2D eigenvalue weighted by atomic mass is 16.6. The van der Waals surface area contributed by atoms with Crippen LogP contribution in [0.3, 0.4) is 0 Å². The molecule has 0 aliphatic heterocycles. The van der Waals surface area contributed by atoms with E-state index in [0.717, 1.165) is 22.0 Å². The van der Waals surface area contributed by atoms with Gasteiger partial charge in [-0.1, -0.05) is 48.5 Å². The van der Waals surface area contributed by atoms with E-state index in [9.17, 15) is 14.4 Å². The van der Waals surface area contributed by atoms with Crippen LogP contribution in [0.25, 0.3) is 10.9 Å². The van der Waals surface area contributed by atoms with Crippen LogP contribution >= 0.6 is 0 Å². The fourth-order valence-corrected chi connectivity index (χ4v) is 3.95. The molecular weight excluding hydrogens is 456 g/mol. The van der Waals surface area contributed by atoms with Gasteiger partial charge >= 0.3 is 5.97 Å². The van der Waals surface area contributed by atoms with Gasteiger partial charge in [0.15, 0.2) is 0 Å². The van der Waals surface area contributed by atoms with Crippen molar-refractivity contribution in [1.82, 2.24) is 15.6 Å². The highest BCUT2D eigenvalue weighted by Gasteiger charge is 2.30. The van der Waals surface area contributed by atoms with Crippen molar-refractivity contribution in [3.05, 3.63) is 71.9 Å². The molecule has 8 heteroatoms. The van der Waals surface area contributed by atoms with Gasteiger partial charge in [-0.2, -0.15) is 0 Å². The van der Waals surface area contributed by atoms with E-state index in [1.54, 1.807) is 20.8 Å². The van der Waals surface area contributed by atoms with Gasteiger partial charge in [0, 0.05) is 36.4 Å². The number of hydrogen-bond donors (Lipinski definition) is 4. The smallest absolute Gasteiger partial charge is 0.329 e. The maximum absolute atomic E-state index is 13.5. The molecule has 5 N–H and O–H groups in total. The van der Waals surface area contributed by atoms with Crippen LogP contribution in [0.5, 0.6) is 0 Å². The number of aromatic nitrogens is 1. The van der Waals surface area contributed by atoms with Gasteiger partial charge in [-0.05, 0) is 50.9 Å². The number of nitrogens with two attached hydrogens (primary N) is 1. The molecule has 0 saturated heterocycles. The van der Waals surface area contributed by atoms with E-state index in [1.165, 1.54) is 0 Å². The Kier molecular flexibility index (Phi) is 9.25. The van der Waals surface area contributed by atoms with E-state index >= 15 is 0 Å². The van der Waals surface area contributed by atoms with Crippen molar-refractivity contribution < 1.29 is 19.1 Å². The summed E-state index contributed by atoms with van der Waals surface area (Å²) in [5.74, 6) is -1.24. The number of aromatic amines is 1. The fraction of sp³-hybridized carbons (Fsp3) is 0.393. The molecule has 192 valence electrons. The molecule has 0 aliphatic rings. The van der Waals surface area contributed by atoms with Crippen LogP contribution in [0.2, 0.25) is 0 Å². The Labute approximate surface area is 212 Å². The molecule has 0 radical (unpaired) electrons. The van der Waals surface area contributed by atoms with Crippen LogP contribution in [0.4, 0.5) is 0 Å². The average molecular weight is 493 g/mol. The number of esters is 1. The Morgan fingerprint density at radius 1 is 0.944 bits per heavy atom. The summed E-state index contributed by atoms with van der Waals surface area (Å²) >= 11 is 0. The maximum atomic E-state index is 13.5. The number of amides is 2. The third kappa shape index (κ3) is 7.95. The Bertz CT molecular complexity index is 1170. The van der Waals surface area contributed by atoms with Crippen molar-refractivity contribution in [2.75, 3.05) is 6.54 Å². The van der Waals surface area contributed by atoms with Crippen LogP contribution in [0.15, 0.2) is 60.8 Å². The standard InChI is InChI=1S/C28H36N4O4/c1-28(2,3)36-27(35)24(16-19-10-5-4-6-11-19)32-26(34)23(31-25(33)14-9-15-29)17-20-18-30-22-13-8-7-12-21(20)22/h4-8,10-13,18,23-24,30H,9,14-17,29H2,1-3H3,(H,31,33)(H,32,34)/t23-,24-/m0/s1. The van der Waals surface area contributed by atoms with E-state index in [0.29, 0.717) is 13.0 Å². The molecule has 8 nitrogen and oxygen atoms in total. The molecule has 0 aliphatic carbocycles. The van der Waals surface area contributed by atoms with Crippen molar-refractivity contribution in [3.63, 3.8) is 0 Å². The van der Waals surface area contributed by atoms with Gasteiger partial charge in [0.25, 0.3) is 0 Å². The predicted octanol–water partition coefficient (Wildman–Crippen LogP) is 3.00. The van der Waals surface area contributed by atoms with Crippen LogP contribution in [-0.4, -0.2) is 47.0 Å². The van der Waals surface area contributed by atoms with E-state index in [2.05, 4.69) is 15.6 Å². The summed E-state index contributed by atoms with van der Waals surface area (Å²) in [4.78, 5) is 42.3. The minimum atomic E-state index is -0.912. The number of rotatable bonds is 11.